The number of unbranched alkanes of at least 4 members (excludes halogenated alkanes) is 1. The average Bonchev–Trinajstić information content (AvgIpc) is 3.15. The lowest BCUT2D eigenvalue weighted by molar-refractivity contribution is -0.138. The number of anilines is 1. The number of methoxy groups -OCH3 is 1. The number of nitrogens with one attached hydrogen (secondary N) is 2. The lowest BCUT2D eigenvalue weighted by Gasteiger charge is -2.15. The van der Waals surface area contributed by atoms with E-state index in [4.69, 9.17) is 4.74 Å². The largest absolute Gasteiger partial charge is 0.496 e. The van der Waals surface area contributed by atoms with Crippen molar-refractivity contribution < 1.29 is 27.8 Å². The third-order valence-electron chi connectivity index (χ3n) is 5.21. The van der Waals surface area contributed by atoms with Crippen molar-refractivity contribution in [2.75, 3.05) is 25.5 Å². The first-order valence-electron chi connectivity index (χ1n) is 10.5. The zero-order chi connectivity index (χ0) is 24.3. The number of carbonyl (C=O) groups excluding carboxylic acids is 1. The van der Waals surface area contributed by atoms with Crippen LogP contribution in [0.1, 0.15) is 38.1 Å². The molecular formula is C21H27F3N6O3. The van der Waals surface area contributed by atoms with E-state index in [9.17, 15) is 23.1 Å². The van der Waals surface area contributed by atoms with Gasteiger partial charge in [-0.3, -0.25) is 9.20 Å². The van der Waals surface area contributed by atoms with Crippen LogP contribution in [-0.4, -0.2) is 56.9 Å². The second-order valence-corrected chi connectivity index (χ2v) is 8.02. The number of ether oxygens (including phenoxy) is 1. The fourth-order valence-corrected chi connectivity index (χ4v) is 3.39. The number of halogens is 3. The Hall–Kier alpha value is -3.15. The Morgan fingerprint density at radius 1 is 1.21 bits per heavy atom. The number of fused-ring (bicyclic) bond motifs is 3. The van der Waals surface area contributed by atoms with Crippen molar-refractivity contribution in [2.24, 2.45) is 5.92 Å². The van der Waals surface area contributed by atoms with Gasteiger partial charge in [-0.15, -0.1) is 10.2 Å². The maximum Gasteiger partial charge on any atom is 0.420 e. The van der Waals surface area contributed by atoms with E-state index in [2.05, 4.69) is 25.8 Å². The maximum absolute atomic E-state index is 13.5. The van der Waals surface area contributed by atoms with Crippen LogP contribution < -0.4 is 15.4 Å². The predicted molar refractivity (Wildman–Crippen MR) is 116 cm³/mol. The number of hydrogen-bond acceptors (Lipinski definition) is 7. The quantitative estimate of drug-likeness (QED) is 0.414. The Labute approximate surface area is 188 Å². The number of hydrogen-bond donors (Lipinski definition) is 3. The molecule has 0 fully saturated rings. The zero-order valence-corrected chi connectivity index (χ0v) is 18.8. The van der Waals surface area contributed by atoms with Crippen molar-refractivity contribution in [1.82, 2.24) is 24.9 Å². The van der Waals surface area contributed by atoms with E-state index < -0.39 is 23.8 Å². The van der Waals surface area contributed by atoms with E-state index >= 15 is 0 Å². The molecule has 0 bridgehead atoms. The first-order valence-corrected chi connectivity index (χ1v) is 10.5. The van der Waals surface area contributed by atoms with Crippen LogP contribution in [0.25, 0.3) is 16.7 Å². The van der Waals surface area contributed by atoms with Gasteiger partial charge in [0.2, 0.25) is 11.6 Å². The normalized spacial score (nSPS) is 13.0. The van der Waals surface area contributed by atoms with Crippen molar-refractivity contribution >= 4 is 28.4 Å². The number of aliphatic hydroxyl groups is 1. The fraction of sp³-hybridized carbons (Fsp3) is 0.524. The van der Waals surface area contributed by atoms with Gasteiger partial charge in [0.05, 0.1) is 23.7 Å². The Kier molecular flexibility index (Phi) is 7.25. The van der Waals surface area contributed by atoms with Crippen molar-refractivity contribution in [2.45, 2.75) is 45.9 Å². The number of carbonyl (C=O) groups is 1. The number of aryl methyl sites for hydroxylation is 1. The molecule has 0 aliphatic rings. The highest BCUT2D eigenvalue weighted by atomic mass is 19.4. The van der Waals surface area contributed by atoms with Crippen LogP contribution in [0.2, 0.25) is 0 Å². The molecule has 2 heterocycles. The summed E-state index contributed by atoms with van der Waals surface area (Å²) in [4.78, 5) is 16.2. The number of nitrogens with zero attached hydrogens (tertiary/aromatic N) is 4. The Bertz CT molecular complexity index is 1150. The summed E-state index contributed by atoms with van der Waals surface area (Å²) in [5.41, 5.74) is -0.0732. The Morgan fingerprint density at radius 3 is 2.55 bits per heavy atom. The van der Waals surface area contributed by atoms with Gasteiger partial charge in [0.15, 0.2) is 5.82 Å². The monoisotopic (exact) mass is 468 g/mol. The van der Waals surface area contributed by atoms with E-state index in [1.54, 1.807) is 20.8 Å². The van der Waals surface area contributed by atoms with Gasteiger partial charge in [0.1, 0.15) is 17.7 Å². The molecule has 0 spiro atoms. The smallest absolute Gasteiger partial charge is 0.420 e. The van der Waals surface area contributed by atoms with E-state index in [1.807, 2.05) is 0 Å². The Morgan fingerprint density at radius 2 is 1.91 bits per heavy atom. The highest BCUT2D eigenvalue weighted by Crippen LogP contribution is 2.39. The molecule has 9 nitrogen and oxygen atoms in total. The van der Waals surface area contributed by atoms with Crippen LogP contribution in [0.5, 0.6) is 5.75 Å². The summed E-state index contributed by atoms with van der Waals surface area (Å²) in [5, 5.41) is 23.6. The van der Waals surface area contributed by atoms with Crippen LogP contribution in [0, 0.1) is 12.8 Å². The molecule has 0 unspecified atom stereocenters. The lowest BCUT2D eigenvalue weighted by atomic mass is 10.1. The molecule has 1 atom stereocenters. The lowest BCUT2D eigenvalue weighted by Crippen LogP contribution is -2.38. The molecule has 3 aromatic rings. The summed E-state index contributed by atoms with van der Waals surface area (Å²) in [7, 11) is 1.18. The minimum absolute atomic E-state index is 0.162. The average molecular weight is 468 g/mol. The summed E-state index contributed by atoms with van der Waals surface area (Å²) in [6.45, 7) is 6.07. The molecule has 0 saturated heterocycles. The highest BCUT2D eigenvalue weighted by molar-refractivity contribution is 5.85. The van der Waals surface area contributed by atoms with Crippen LogP contribution in [0.4, 0.5) is 19.0 Å². The molecule has 3 N–H and O–H groups in total. The molecule has 3 rings (SSSR count). The highest BCUT2D eigenvalue weighted by Gasteiger charge is 2.35. The minimum Gasteiger partial charge on any atom is -0.496 e. The van der Waals surface area contributed by atoms with Gasteiger partial charge in [-0.2, -0.15) is 13.2 Å². The number of aromatic nitrogens is 4. The number of alkyl halides is 3. The summed E-state index contributed by atoms with van der Waals surface area (Å²) < 4.78 is 46.9. The third-order valence-corrected chi connectivity index (χ3v) is 5.21. The number of rotatable bonds is 9. The molecule has 2 aromatic heterocycles. The molecular weight excluding hydrogens is 441 g/mol. The van der Waals surface area contributed by atoms with Crippen LogP contribution in [0.3, 0.4) is 0 Å². The summed E-state index contributed by atoms with van der Waals surface area (Å²) in [6, 6.07) is 2.24. The van der Waals surface area contributed by atoms with E-state index in [0.29, 0.717) is 48.7 Å². The molecule has 1 aromatic carbocycles. The van der Waals surface area contributed by atoms with Crippen molar-refractivity contribution in [3.63, 3.8) is 0 Å². The summed E-state index contributed by atoms with van der Waals surface area (Å²) in [5.74, 6) is -0.0836. The van der Waals surface area contributed by atoms with Crippen molar-refractivity contribution in [3.8, 4) is 5.75 Å². The van der Waals surface area contributed by atoms with Crippen LogP contribution in [0.15, 0.2) is 12.1 Å². The molecule has 0 aliphatic heterocycles. The molecule has 0 saturated carbocycles. The number of benzene rings is 1. The first kappa shape index (κ1) is 24.5. The fourth-order valence-electron chi connectivity index (χ4n) is 3.39. The van der Waals surface area contributed by atoms with Crippen LogP contribution >= 0.6 is 0 Å². The number of amides is 1. The topological polar surface area (TPSA) is 114 Å². The molecule has 33 heavy (non-hydrogen) atoms. The summed E-state index contributed by atoms with van der Waals surface area (Å²) >= 11 is 0. The van der Waals surface area contributed by atoms with Crippen molar-refractivity contribution in [1.29, 1.82) is 0 Å². The van der Waals surface area contributed by atoms with Gasteiger partial charge in [-0.05, 0) is 31.7 Å². The second-order valence-electron chi connectivity index (χ2n) is 8.02. The maximum atomic E-state index is 13.5. The van der Waals surface area contributed by atoms with Crippen molar-refractivity contribution in [3.05, 3.63) is 23.5 Å². The molecule has 180 valence electrons. The van der Waals surface area contributed by atoms with E-state index in [-0.39, 0.29) is 17.2 Å². The SMILES string of the molecule is COc1cc2nc(NCCCCNC(=O)[C@H](O)C(C)C)c3nnc(C)n3c2cc1C(F)(F)F. The van der Waals surface area contributed by atoms with Crippen LogP contribution in [-0.2, 0) is 11.0 Å². The third kappa shape index (κ3) is 5.27. The molecule has 1 amide bonds. The van der Waals surface area contributed by atoms with Gasteiger partial charge in [-0.1, -0.05) is 13.8 Å². The molecule has 12 heteroatoms. The standard InChI is InChI=1S/C21H27F3N6O3/c1-11(2)17(31)20(32)26-8-6-5-7-25-18-19-29-28-12(3)30(19)15-9-13(21(22,23)24)16(33-4)10-14(15)27-18/h9-11,17,31H,5-8H2,1-4H3,(H,25,27)(H,26,32)/t17-/m1/s1. The second kappa shape index (κ2) is 9.77. The summed E-state index contributed by atoms with van der Waals surface area (Å²) in [6.07, 6.45) is -4.30. The Balaban J connectivity index is 1.76. The van der Waals surface area contributed by atoms with E-state index in [0.717, 1.165) is 6.07 Å². The first-order chi connectivity index (χ1) is 15.5. The van der Waals surface area contributed by atoms with Gasteiger partial charge in [0, 0.05) is 19.2 Å². The minimum atomic E-state index is -4.59. The van der Waals surface area contributed by atoms with Gasteiger partial charge in [0.25, 0.3) is 0 Å². The number of aliphatic hydroxyl groups excluding tert-OH is 1. The molecule has 0 radical (unpaired) electrons. The zero-order valence-electron chi connectivity index (χ0n) is 18.8. The van der Waals surface area contributed by atoms with Gasteiger partial charge >= 0.3 is 6.18 Å². The van der Waals surface area contributed by atoms with Gasteiger partial charge in [-0.25, -0.2) is 4.98 Å². The van der Waals surface area contributed by atoms with E-state index in [1.165, 1.54) is 17.6 Å². The van der Waals surface area contributed by atoms with Gasteiger partial charge < -0.3 is 20.5 Å². The predicted octanol–water partition coefficient (Wildman–Crippen LogP) is 2.94. The molecule has 0 aliphatic carbocycles.